The molecule has 0 aliphatic carbocycles. The van der Waals surface area contributed by atoms with Crippen molar-refractivity contribution in [3.8, 4) is 0 Å². The lowest BCUT2D eigenvalue weighted by Gasteiger charge is -2.00. The molecule has 0 spiro atoms. The van der Waals surface area contributed by atoms with E-state index in [9.17, 15) is 4.79 Å². The number of ketones is 1. The molecule has 0 aliphatic rings. The summed E-state index contributed by atoms with van der Waals surface area (Å²) in [4.78, 5) is 11.2. The number of hydrogen-bond donors (Lipinski definition) is 0. The predicted octanol–water partition coefficient (Wildman–Crippen LogP) is 1.59. The number of carbonyl (C=O) groups is 1. The molecule has 0 saturated heterocycles. The molecule has 0 unspecified atom stereocenters. The lowest BCUT2D eigenvalue weighted by Crippen LogP contribution is -2.08. The molecule has 0 atom stereocenters. The summed E-state index contributed by atoms with van der Waals surface area (Å²) in [6.07, 6.45) is 1.49. The molecule has 0 amide bonds. The van der Waals surface area contributed by atoms with Crippen molar-refractivity contribution in [3.63, 3.8) is 0 Å². The third-order valence-corrected chi connectivity index (χ3v) is 2.62. The van der Waals surface area contributed by atoms with Gasteiger partial charge in [0.25, 0.3) is 0 Å². The summed E-state index contributed by atoms with van der Waals surface area (Å²) >= 11 is 1.63. The van der Waals surface area contributed by atoms with Crippen molar-refractivity contribution in [1.82, 2.24) is 15.0 Å². The van der Waals surface area contributed by atoms with E-state index in [2.05, 4.69) is 10.3 Å². The highest BCUT2D eigenvalue weighted by Gasteiger charge is 2.08. The van der Waals surface area contributed by atoms with E-state index in [-0.39, 0.29) is 5.78 Å². The fourth-order valence-corrected chi connectivity index (χ4v) is 1.86. The summed E-state index contributed by atoms with van der Waals surface area (Å²) in [5, 5.41) is 11.6. The van der Waals surface area contributed by atoms with Crippen LogP contribution in [0.15, 0.2) is 23.0 Å². The van der Waals surface area contributed by atoms with Crippen LogP contribution in [0.1, 0.15) is 23.0 Å². The molecule has 2 heterocycles. The smallest absolute Gasteiger partial charge is 0.179 e. The molecule has 0 fully saturated rings. The van der Waals surface area contributed by atoms with Crippen LogP contribution < -0.4 is 0 Å². The Hall–Kier alpha value is -1.49. The first-order valence-corrected chi connectivity index (χ1v) is 5.12. The number of nitrogens with zero attached hydrogens (tertiary/aromatic N) is 3. The van der Waals surface area contributed by atoms with E-state index < -0.39 is 0 Å². The summed E-state index contributed by atoms with van der Waals surface area (Å²) in [5.74, 6) is -0.00905. The fraction of sp³-hybridized carbons (Fsp3) is 0.222. The van der Waals surface area contributed by atoms with Gasteiger partial charge in [-0.1, -0.05) is 5.21 Å². The maximum absolute atomic E-state index is 11.2. The van der Waals surface area contributed by atoms with Gasteiger partial charge in [0.1, 0.15) is 5.69 Å². The van der Waals surface area contributed by atoms with Gasteiger partial charge in [-0.3, -0.25) is 4.79 Å². The summed E-state index contributed by atoms with van der Waals surface area (Å²) in [7, 11) is 0. The van der Waals surface area contributed by atoms with E-state index in [1.54, 1.807) is 16.0 Å². The first-order valence-electron chi connectivity index (χ1n) is 4.18. The molecule has 0 aliphatic heterocycles. The van der Waals surface area contributed by atoms with Gasteiger partial charge in [0.15, 0.2) is 5.78 Å². The van der Waals surface area contributed by atoms with Crippen molar-refractivity contribution in [2.75, 3.05) is 0 Å². The van der Waals surface area contributed by atoms with Gasteiger partial charge in [0.2, 0.25) is 0 Å². The Labute approximate surface area is 85.2 Å². The van der Waals surface area contributed by atoms with Crippen LogP contribution in [0, 0.1) is 0 Å². The van der Waals surface area contributed by atoms with Gasteiger partial charge in [-0.25, -0.2) is 4.68 Å². The monoisotopic (exact) mass is 207 g/mol. The van der Waals surface area contributed by atoms with Crippen LogP contribution in [0.4, 0.5) is 0 Å². The van der Waals surface area contributed by atoms with E-state index >= 15 is 0 Å². The lowest BCUT2D eigenvalue weighted by molar-refractivity contribution is 0.100. The highest BCUT2D eigenvalue weighted by atomic mass is 32.1. The van der Waals surface area contributed by atoms with Gasteiger partial charge < -0.3 is 0 Å². The molecule has 2 aromatic heterocycles. The maximum Gasteiger partial charge on any atom is 0.179 e. The fourth-order valence-electron chi connectivity index (χ4n) is 1.20. The van der Waals surface area contributed by atoms with E-state index in [1.165, 1.54) is 13.1 Å². The second kappa shape index (κ2) is 3.71. The Morgan fingerprint density at radius 1 is 1.64 bits per heavy atom. The number of carbonyl (C=O) groups excluding carboxylic acids is 1. The van der Waals surface area contributed by atoms with Gasteiger partial charge in [-0.05, 0) is 22.4 Å². The van der Waals surface area contributed by atoms with Crippen molar-refractivity contribution >= 4 is 17.1 Å². The van der Waals surface area contributed by atoms with Crippen molar-refractivity contribution in [2.24, 2.45) is 0 Å². The highest BCUT2D eigenvalue weighted by molar-refractivity contribution is 7.07. The number of thiophene rings is 1. The molecule has 0 radical (unpaired) electrons. The van der Waals surface area contributed by atoms with Crippen LogP contribution in [-0.2, 0) is 6.54 Å². The average Bonchev–Trinajstić information content (AvgIpc) is 2.75. The van der Waals surface area contributed by atoms with Gasteiger partial charge in [-0.2, -0.15) is 11.3 Å². The summed E-state index contributed by atoms with van der Waals surface area (Å²) in [6.45, 7) is 2.13. The minimum atomic E-state index is -0.00905. The van der Waals surface area contributed by atoms with E-state index in [1.807, 2.05) is 16.8 Å². The van der Waals surface area contributed by atoms with Crippen LogP contribution >= 0.6 is 11.3 Å². The third kappa shape index (κ3) is 1.72. The molecular formula is C9H9N3OS. The molecule has 0 aromatic carbocycles. The Bertz CT molecular complexity index is 433. The normalized spacial score (nSPS) is 10.4. The SMILES string of the molecule is CC(=O)c1cnnn1Cc1ccsc1. The molecule has 0 bridgehead atoms. The van der Waals surface area contributed by atoms with Gasteiger partial charge in [0, 0.05) is 6.92 Å². The van der Waals surface area contributed by atoms with Crippen molar-refractivity contribution in [1.29, 1.82) is 0 Å². The zero-order valence-corrected chi connectivity index (χ0v) is 8.49. The molecule has 0 N–H and O–H groups in total. The van der Waals surface area contributed by atoms with E-state index in [4.69, 9.17) is 0 Å². The zero-order chi connectivity index (χ0) is 9.97. The Kier molecular flexibility index (Phi) is 2.41. The Morgan fingerprint density at radius 3 is 3.14 bits per heavy atom. The topological polar surface area (TPSA) is 47.8 Å². The molecule has 4 nitrogen and oxygen atoms in total. The first-order chi connectivity index (χ1) is 6.77. The second-order valence-electron chi connectivity index (χ2n) is 2.96. The predicted molar refractivity (Wildman–Crippen MR) is 53.4 cm³/mol. The number of aromatic nitrogens is 3. The average molecular weight is 207 g/mol. The molecule has 0 saturated carbocycles. The van der Waals surface area contributed by atoms with Gasteiger partial charge in [-0.15, -0.1) is 5.10 Å². The summed E-state index contributed by atoms with van der Waals surface area (Å²) in [6, 6.07) is 2.01. The zero-order valence-electron chi connectivity index (χ0n) is 7.67. The Morgan fingerprint density at radius 2 is 2.50 bits per heavy atom. The van der Waals surface area contributed by atoms with Crippen LogP contribution in [0.25, 0.3) is 0 Å². The van der Waals surface area contributed by atoms with Crippen molar-refractivity contribution in [2.45, 2.75) is 13.5 Å². The molecule has 2 rings (SSSR count). The highest BCUT2D eigenvalue weighted by Crippen LogP contribution is 2.08. The lowest BCUT2D eigenvalue weighted by atomic mass is 10.3. The maximum atomic E-state index is 11.2. The quantitative estimate of drug-likeness (QED) is 0.718. The van der Waals surface area contributed by atoms with Crippen LogP contribution in [0.5, 0.6) is 0 Å². The van der Waals surface area contributed by atoms with Crippen LogP contribution in [0.2, 0.25) is 0 Å². The van der Waals surface area contributed by atoms with Crippen LogP contribution in [-0.4, -0.2) is 20.8 Å². The van der Waals surface area contributed by atoms with Gasteiger partial charge >= 0.3 is 0 Å². The van der Waals surface area contributed by atoms with Crippen molar-refractivity contribution < 1.29 is 4.79 Å². The minimum absolute atomic E-state index is 0.00905. The molecular weight excluding hydrogens is 198 g/mol. The summed E-state index contributed by atoms with van der Waals surface area (Å²) in [5.41, 5.74) is 1.69. The number of Topliss-reactive ketones (excluding diaryl/α,β-unsaturated/α-hetero) is 1. The van der Waals surface area contributed by atoms with E-state index in [0.717, 1.165) is 5.56 Å². The third-order valence-electron chi connectivity index (χ3n) is 1.89. The standard InChI is InChI=1S/C9H9N3OS/c1-7(13)9-4-10-11-12(9)5-8-2-3-14-6-8/h2-4,6H,5H2,1H3. The molecule has 14 heavy (non-hydrogen) atoms. The second-order valence-corrected chi connectivity index (χ2v) is 3.74. The minimum Gasteiger partial charge on any atom is -0.293 e. The van der Waals surface area contributed by atoms with Crippen molar-refractivity contribution in [3.05, 3.63) is 34.3 Å². The summed E-state index contributed by atoms with van der Waals surface area (Å²) < 4.78 is 1.62. The molecule has 5 heteroatoms. The number of hydrogen-bond acceptors (Lipinski definition) is 4. The van der Waals surface area contributed by atoms with Crippen LogP contribution in [0.3, 0.4) is 0 Å². The van der Waals surface area contributed by atoms with E-state index in [0.29, 0.717) is 12.2 Å². The first kappa shape index (κ1) is 9.08. The molecule has 72 valence electrons. The largest absolute Gasteiger partial charge is 0.293 e. The Balaban J connectivity index is 2.25. The number of rotatable bonds is 3. The van der Waals surface area contributed by atoms with Gasteiger partial charge in [0.05, 0.1) is 12.7 Å². The molecule has 2 aromatic rings.